The Hall–Kier alpha value is -2.32. The second-order valence-corrected chi connectivity index (χ2v) is 7.26. The van der Waals surface area contributed by atoms with Crippen molar-refractivity contribution in [1.29, 1.82) is 0 Å². The summed E-state index contributed by atoms with van der Waals surface area (Å²) in [5.74, 6) is 0.241. The van der Waals surface area contributed by atoms with Gasteiger partial charge in [-0.15, -0.1) is 0 Å². The average Bonchev–Trinajstić information content (AvgIpc) is 2.69. The SMILES string of the molecule is NSc1cccc(-c2cc(OC(=O)NC3CCCCC3)ccc2OC(F)F)c1. The minimum absolute atomic E-state index is 0.00536. The Morgan fingerprint density at radius 3 is 2.64 bits per heavy atom. The van der Waals surface area contributed by atoms with E-state index in [-0.39, 0.29) is 17.5 Å². The van der Waals surface area contributed by atoms with E-state index in [1.807, 2.05) is 0 Å². The van der Waals surface area contributed by atoms with Crippen LogP contribution >= 0.6 is 11.9 Å². The lowest BCUT2D eigenvalue weighted by Gasteiger charge is -2.22. The van der Waals surface area contributed by atoms with Crippen molar-refractivity contribution in [2.75, 3.05) is 0 Å². The molecule has 0 aromatic heterocycles. The summed E-state index contributed by atoms with van der Waals surface area (Å²) in [5, 5.41) is 8.45. The summed E-state index contributed by atoms with van der Waals surface area (Å²) in [5.41, 5.74) is 1.02. The van der Waals surface area contributed by atoms with Gasteiger partial charge in [0.1, 0.15) is 11.5 Å². The highest BCUT2D eigenvalue weighted by molar-refractivity contribution is 7.97. The van der Waals surface area contributed by atoms with Gasteiger partial charge in [0, 0.05) is 16.5 Å². The van der Waals surface area contributed by atoms with Gasteiger partial charge in [0.25, 0.3) is 0 Å². The van der Waals surface area contributed by atoms with E-state index < -0.39 is 12.7 Å². The lowest BCUT2D eigenvalue weighted by atomic mass is 9.96. The maximum absolute atomic E-state index is 12.8. The van der Waals surface area contributed by atoms with Gasteiger partial charge in [0.05, 0.1) is 0 Å². The maximum atomic E-state index is 12.8. The van der Waals surface area contributed by atoms with Gasteiger partial charge < -0.3 is 14.8 Å². The summed E-state index contributed by atoms with van der Waals surface area (Å²) < 4.78 is 35.6. The minimum Gasteiger partial charge on any atom is -0.434 e. The number of benzene rings is 2. The van der Waals surface area contributed by atoms with E-state index in [4.69, 9.17) is 9.88 Å². The maximum Gasteiger partial charge on any atom is 0.412 e. The summed E-state index contributed by atoms with van der Waals surface area (Å²) in [6.07, 6.45) is 4.68. The molecule has 150 valence electrons. The van der Waals surface area contributed by atoms with Gasteiger partial charge in [0.15, 0.2) is 0 Å². The monoisotopic (exact) mass is 408 g/mol. The fourth-order valence-corrected chi connectivity index (χ4v) is 3.64. The number of rotatable bonds is 6. The quantitative estimate of drug-likeness (QED) is 0.631. The van der Waals surface area contributed by atoms with E-state index in [0.717, 1.165) is 42.5 Å². The van der Waals surface area contributed by atoms with Gasteiger partial charge >= 0.3 is 12.7 Å². The van der Waals surface area contributed by atoms with Crippen LogP contribution in [0.1, 0.15) is 32.1 Å². The smallest absolute Gasteiger partial charge is 0.412 e. The number of alkyl halides is 2. The van der Waals surface area contributed by atoms with Gasteiger partial charge in [-0.3, -0.25) is 5.14 Å². The Morgan fingerprint density at radius 2 is 1.93 bits per heavy atom. The molecule has 0 radical (unpaired) electrons. The molecule has 2 aromatic rings. The third kappa shape index (κ3) is 5.59. The number of hydrogen-bond donors (Lipinski definition) is 2. The van der Waals surface area contributed by atoms with E-state index in [1.165, 1.54) is 24.6 Å². The Morgan fingerprint density at radius 1 is 1.14 bits per heavy atom. The van der Waals surface area contributed by atoms with Gasteiger partial charge in [0.2, 0.25) is 0 Å². The molecule has 1 amide bonds. The van der Waals surface area contributed by atoms with Crippen LogP contribution in [0.3, 0.4) is 0 Å². The molecule has 0 bridgehead atoms. The molecule has 1 fully saturated rings. The number of nitrogens with two attached hydrogens (primary N) is 1. The summed E-state index contributed by atoms with van der Waals surface area (Å²) in [6.45, 7) is -2.97. The van der Waals surface area contributed by atoms with Crippen LogP contribution in [0.5, 0.6) is 11.5 Å². The molecule has 28 heavy (non-hydrogen) atoms. The molecule has 0 spiro atoms. The minimum atomic E-state index is -2.97. The third-order valence-electron chi connectivity index (χ3n) is 4.59. The molecular formula is C20H22F2N2O3S. The molecule has 0 heterocycles. The van der Waals surface area contributed by atoms with Crippen molar-refractivity contribution in [2.45, 2.75) is 49.7 Å². The molecule has 5 nitrogen and oxygen atoms in total. The lowest BCUT2D eigenvalue weighted by molar-refractivity contribution is -0.0494. The highest BCUT2D eigenvalue weighted by Gasteiger charge is 2.18. The Kier molecular flexibility index (Phi) is 7.11. The predicted molar refractivity (Wildman–Crippen MR) is 105 cm³/mol. The van der Waals surface area contributed by atoms with Gasteiger partial charge in [-0.05, 0) is 60.7 Å². The average molecular weight is 408 g/mol. The number of carbonyl (C=O) groups excluding carboxylic acids is 1. The first kappa shape index (κ1) is 20.4. The first-order valence-corrected chi connectivity index (χ1v) is 9.97. The first-order valence-electron chi connectivity index (χ1n) is 9.09. The second kappa shape index (κ2) is 9.75. The summed E-state index contributed by atoms with van der Waals surface area (Å²) in [7, 11) is 0. The molecule has 1 saturated carbocycles. The van der Waals surface area contributed by atoms with E-state index in [0.29, 0.717) is 11.1 Å². The van der Waals surface area contributed by atoms with E-state index in [1.54, 1.807) is 24.3 Å². The van der Waals surface area contributed by atoms with E-state index >= 15 is 0 Å². The van der Waals surface area contributed by atoms with E-state index in [2.05, 4.69) is 10.1 Å². The molecule has 1 aliphatic carbocycles. The standard InChI is InChI=1S/C20H22F2N2O3S/c21-19(22)27-18-10-9-15(26-20(25)24-14-6-2-1-3-7-14)12-17(18)13-5-4-8-16(11-13)28-23/h4-5,8-12,14,19H,1-3,6-7,23H2,(H,24,25). The Balaban J connectivity index is 1.81. The van der Waals surface area contributed by atoms with Crippen LogP contribution in [0.25, 0.3) is 11.1 Å². The summed E-state index contributed by atoms with van der Waals surface area (Å²) >= 11 is 1.05. The van der Waals surface area contributed by atoms with Crippen molar-refractivity contribution in [3.05, 3.63) is 42.5 Å². The number of amides is 1. The molecule has 0 aliphatic heterocycles. The molecule has 0 atom stereocenters. The molecule has 1 aliphatic rings. The van der Waals surface area contributed by atoms with Crippen LogP contribution in [0, 0.1) is 0 Å². The molecule has 3 rings (SSSR count). The van der Waals surface area contributed by atoms with Crippen molar-refractivity contribution < 1.29 is 23.0 Å². The fraction of sp³-hybridized carbons (Fsp3) is 0.350. The van der Waals surface area contributed by atoms with Gasteiger partial charge in [-0.25, -0.2) is 4.79 Å². The molecule has 3 N–H and O–H groups in total. The molecular weight excluding hydrogens is 386 g/mol. The van der Waals surface area contributed by atoms with Crippen molar-refractivity contribution >= 4 is 18.0 Å². The van der Waals surface area contributed by atoms with Crippen molar-refractivity contribution in [1.82, 2.24) is 5.32 Å². The first-order chi connectivity index (χ1) is 13.5. The number of hydrogen-bond acceptors (Lipinski definition) is 5. The van der Waals surface area contributed by atoms with Crippen LogP contribution in [-0.2, 0) is 0 Å². The van der Waals surface area contributed by atoms with Crippen LogP contribution < -0.4 is 19.9 Å². The van der Waals surface area contributed by atoms with Crippen molar-refractivity contribution in [3.63, 3.8) is 0 Å². The number of halogens is 2. The largest absolute Gasteiger partial charge is 0.434 e. The van der Waals surface area contributed by atoms with Crippen LogP contribution in [-0.4, -0.2) is 18.7 Å². The highest BCUT2D eigenvalue weighted by Crippen LogP contribution is 2.35. The van der Waals surface area contributed by atoms with Crippen molar-refractivity contribution in [3.8, 4) is 22.6 Å². The van der Waals surface area contributed by atoms with Crippen molar-refractivity contribution in [2.24, 2.45) is 5.14 Å². The van der Waals surface area contributed by atoms with Crippen LogP contribution in [0.2, 0.25) is 0 Å². The zero-order valence-electron chi connectivity index (χ0n) is 15.2. The number of ether oxygens (including phenoxy) is 2. The fourth-order valence-electron chi connectivity index (χ4n) is 3.28. The molecule has 2 aromatic carbocycles. The normalized spacial score (nSPS) is 14.7. The summed E-state index contributed by atoms with van der Waals surface area (Å²) in [6, 6.07) is 11.5. The zero-order chi connectivity index (χ0) is 19.9. The number of carbonyl (C=O) groups is 1. The lowest BCUT2D eigenvalue weighted by Crippen LogP contribution is -2.38. The van der Waals surface area contributed by atoms with Crippen LogP contribution in [0.15, 0.2) is 47.4 Å². The Labute approximate surface area is 166 Å². The zero-order valence-corrected chi connectivity index (χ0v) is 16.0. The van der Waals surface area contributed by atoms with E-state index in [9.17, 15) is 13.6 Å². The highest BCUT2D eigenvalue weighted by atomic mass is 32.2. The predicted octanol–water partition coefficient (Wildman–Crippen LogP) is 5.34. The topological polar surface area (TPSA) is 73.6 Å². The molecule has 0 unspecified atom stereocenters. The van der Waals surface area contributed by atoms with Gasteiger partial charge in [-0.2, -0.15) is 8.78 Å². The molecule has 0 saturated heterocycles. The second-order valence-electron chi connectivity index (χ2n) is 6.55. The van der Waals surface area contributed by atoms with Crippen LogP contribution in [0.4, 0.5) is 13.6 Å². The number of nitrogens with one attached hydrogen (secondary N) is 1. The molecule has 8 heteroatoms. The van der Waals surface area contributed by atoms with Gasteiger partial charge in [-0.1, -0.05) is 31.4 Å². The third-order valence-corrected chi connectivity index (χ3v) is 5.11. The Bertz CT molecular complexity index is 814. The summed E-state index contributed by atoms with van der Waals surface area (Å²) in [4.78, 5) is 13.0.